The van der Waals surface area contributed by atoms with Crippen LogP contribution >= 0.6 is 11.6 Å². The lowest BCUT2D eigenvalue weighted by Crippen LogP contribution is -2.47. The van der Waals surface area contributed by atoms with Gasteiger partial charge in [-0.2, -0.15) is 5.10 Å². The van der Waals surface area contributed by atoms with Crippen molar-refractivity contribution in [2.45, 2.75) is 6.92 Å². The lowest BCUT2D eigenvalue weighted by molar-refractivity contribution is 0.141. The third kappa shape index (κ3) is 4.89. The molecule has 7 nitrogen and oxygen atoms in total. The maximum atomic E-state index is 14.5. The first-order valence-electron chi connectivity index (χ1n) is 11.6. The Balaban J connectivity index is 1.32. The van der Waals surface area contributed by atoms with Gasteiger partial charge in [0.15, 0.2) is 0 Å². The maximum absolute atomic E-state index is 14.5. The van der Waals surface area contributed by atoms with Crippen molar-refractivity contribution < 1.29 is 4.39 Å². The summed E-state index contributed by atoms with van der Waals surface area (Å²) in [4.78, 5) is 14.3. The summed E-state index contributed by atoms with van der Waals surface area (Å²) in [6.45, 7) is 9.66. The molecule has 0 spiro atoms. The van der Waals surface area contributed by atoms with Crippen molar-refractivity contribution in [2.75, 3.05) is 51.1 Å². The molecule has 4 aromatic rings. The minimum Gasteiger partial charge on any atom is -0.382 e. The zero-order valence-corrected chi connectivity index (χ0v) is 19.8. The van der Waals surface area contributed by atoms with E-state index in [1.807, 2.05) is 24.4 Å². The predicted octanol–water partition coefficient (Wildman–Crippen LogP) is 4.53. The summed E-state index contributed by atoms with van der Waals surface area (Å²) in [5.41, 5.74) is 4.67. The number of halogens is 2. The number of aromatic amines is 1. The number of hydrogen-bond acceptors (Lipinski definition) is 6. The zero-order valence-electron chi connectivity index (χ0n) is 19.1. The highest BCUT2D eigenvalue weighted by atomic mass is 35.5. The second kappa shape index (κ2) is 10.0. The first kappa shape index (κ1) is 22.7. The predicted molar refractivity (Wildman–Crippen MR) is 135 cm³/mol. The van der Waals surface area contributed by atoms with Gasteiger partial charge < -0.3 is 10.2 Å². The Morgan fingerprint density at radius 3 is 2.68 bits per heavy atom. The number of anilines is 1. The Kier molecular flexibility index (Phi) is 6.71. The average molecular weight is 480 g/mol. The van der Waals surface area contributed by atoms with Crippen molar-refractivity contribution in [3.63, 3.8) is 0 Å². The van der Waals surface area contributed by atoms with Crippen molar-refractivity contribution in [3.8, 4) is 22.5 Å². The van der Waals surface area contributed by atoms with Crippen LogP contribution in [0.5, 0.6) is 0 Å². The first-order chi connectivity index (χ1) is 16.6. The molecule has 1 aliphatic heterocycles. The van der Waals surface area contributed by atoms with Gasteiger partial charge in [-0.05, 0) is 42.9 Å². The molecule has 1 aromatic carbocycles. The van der Waals surface area contributed by atoms with E-state index in [1.165, 1.54) is 12.1 Å². The lowest BCUT2D eigenvalue weighted by atomic mass is 10.0. The quantitative estimate of drug-likeness (QED) is 0.406. The third-order valence-electron chi connectivity index (χ3n) is 6.31. The number of nitrogens with one attached hydrogen (secondary N) is 2. The number of pyridine rings is 2. The van der Waals surface area contributed by atoms with Gasteiger partial charge in [0.2, 0.25) is 0 Å². The number of likely N-dealkylation sites (N-methyl/N-ethyl adjacent to an activating group) is 1. The molecule has 0 aliphatic carbocycles. The van der Waals surface area contributed by atoms with Crippen LogP contribution in [0.1, 0.15) is 6.92 Å². The van der Waals surface area contributed by atoms with E-state index in [1.54, 1.807) is 12.3 Å². The fourth-order valence-electron chi connectivity index (χ4n) is 4.31. The fourth-order valence-corrected chi connectivity index (χ4v) is 4.48. The molecule has 34 heavy (non-hydrogen) atoms. The highest BCUT2D eigenvalue weighted by Gasteiger charge is 2.17. The summed E-state index contributed by atoms with van der Waals surface area (Å²) in [6, 6.07) is 10.2. The SMILES string of the molecule is CCN1CCN(CCNc2cnc3ccc(-c4c[nH]nc4-c4cc(Cl)ccc4F)nc3c2)CC1. The van der Waals surface area contributed by atoms with Crippen LogP contribution in [0.2, 0.25) is 5.02 Å². The Morgan fingerprint density at radius 2 is 1.85 bits per heavy atom. The van der Waals surface area contributed by atoms with Gasteiger partial charge in [-0.15, -0.1) is 0 Å². The van der Waals surface area contributed by atoms with Gasteiger partial charge in [0.25, 0.3) is 0 Å². The minimum atomic E-state index is -0.386. The molecule has 1 saturated heterocycles. The van der Waals surface area contributed by atoms with E-state index in [0.717, 1.165) is 62.5 Å². The highest BCUT2D eigenvalue weighted by molar-refractivity contribution is 6.30. The molecule has 0 saturated carbocycles. The molecule has 3 aromatic heterocycles. The molecule has 1 aliphatic rings. The van der Waals surface area contributed by atoms with Gasteiger partial charge in [0.1, 0.15) is 11.5 Å². The van der Waals surface area contributed by atoms with Crippen molar-refractivity contribution in [3.05, 3.63) is 59.6 Å². The Hall–Kier alpha value is -3.07. The molecule has 0 bridgehead atoms. The van der Waals surface area contributed by atoms with Crippen LogP contribution in [-0.4, -0.2) is 75.8 Å². The number of piperazine rings is 1. The van der Waals surface area contributed by atoms with Crippen LogP contribution in [-0.2, 0) is 0 Å². The van der Waals surface area contributed by atoms with Gasteiger partial charge in [0, 0.05) is 61.6 Å². The molecular formula is C25H27ClFN7. The standard InChI is InChI=1S/C25H27ClFN7/c1-2-33-9-11-34(12-10-33)8-7-28-18-14-24-23(29-15-18)6-5-22(31-24)20-16-30-32-25(20)19-13-17(26)3-4-21(19)27/h3-6,13-16,28H,2,7-12H2,1H3,(H,30,32). The number of H-pyrrole nitrogens is 1. The van der Waals surface area contributed by atoms with Crippen molar-refractivity contribution >= 4 is 28.3 Å². The van der Waals surface area contributed by atoms with Crippen LogP contribution in [0.25, 0.3) is 33.5 Å². The van der Waals surface area contributed by atoms with E-state index in [2.05, 4.69) is 37.2 Å². The molecular weight excluding hydrogens is 453 g/mol. The van der Waals surface area contributed by atoms with Gasteiger partial charge >= 0.3 is 0 Å². The number of benzene rings is 1. The molecule has 1 fully saturated rings. The summed E-state index contributed by atoms with van der Waals surface area (Å²) in [5, 5.41) is 11.0. The lowest BCUT2D eigenvalue weighted by Gasteiger charge is -2.34. The maximum Gasteiger partial charge on any atom is 0.132 e. The molecule has 176 valence electrons. The largest absolute Gasteiger partial charge is 0.382 e. The van der Waals surface area contributed by atoms with Crippen molar-refractivity contribution in [1.29, 1.82) is 0 Å². The van der Waals surface area contributed by atoms with E-state index in [-0.39, 0.29) is 5.82 Å². The van der Waals surface area contributed by atoms with E-state index in [0.29, 0.717) is 27.5 Å². The number of hydrogen-bond donors (Lipinski definition) is 2. The average Bonchev–Trinajstić information content (AvgIpc) is 3.35. The molecule has 4 heterocycles. The molecule has 5 rings (SSSR count). The van der Waals surface area contributed by atoms with Crippen molar-refractivity contribution in [1.82, 2.24) is 30.0 Å². The number of fused-ring (bicyclic) bond motifs is 1. The van der Waals surface area contributed by atoms with Crippen LogP contribution in [0, 0.1) is 5.82 Å². The van der Waals surface area contributed by atoms with E-state index in [9.17, 15) is 4.39 Å². The second-order valence-corrected chi connectivity index (χ2v) is 8.87. The monoisotopic (exact) mass is 479 g/mol. The minimum absolute atomic E-state index is 0.332. The van der Waals surface area contributed by atoms with Gasteiger partial charge in [-0.25, -0.2) is 9.37 Å². The third-order valence-corrected chi connectivity index (χ3v) is 6.54. The molecule has 9 heteroatoms. The van der Waals surface area contributed by atoms with Gasteiger partial charge in [-0.3, -0.25) is 15.0 Å². The molecule has 0 unspecified atom stereocenters. The van der Waals surface area contributed by atoms with Crippen LogP contribution in [0.15, 0.2) is 48.8 Å². The Bertz CT molecular complexity index is 1280. The molecule has 2 N–H and O–H groups in total. The van der Waals surface area contributed by atoms with Gasteiger partial charge in [0.05, 0.1) is 28.6 Å². The smallest absolute Gasteiger partial charge is 0.132 e. The Labute approximate surface area is 203 Å². The highest BCUT2D eigenvalue weighted by Crippen LogP contribution is 2.33. The van der Waals surface area contributed by atoms with E-state index >= 15 is 0 Å². The number of aromatic nitrogens is 4. The van der Waals surface area contributed by atoms with Crippen LogP contribution < -0.4 is 5.32 Å². The van der Waals surface area contributed by atoms with Gasteiger partial charge in [-0.1, -0.05) is 18.5 Å². The van der Waals surface area contributed by atoms with E-state index in [4.69, 9.17) is 16.6 Å². The fraction of sp³-hybridized carbons (Fsp3) is 0.320. The molecule has 0 amide bonds. The molecule has 0 atom stereocenters. The summed E-state index contributed by atoms with van der Waals surface area (Å²) < 4.78 is 14.5. The summed E-state index contributed by atoms with van der Waals surface area (Å²) in [6.07, 6.45) is 3.56. The van der Waals surface area contributed by atoms with Crippen molar-refractivity contribution in [2.24, 2.45) is 0 Å². The summed E-state index contributed by atoms with van der Waals surface area (Å²) >= 11 is 6.09. The molecule has 0 radical (unpaired) electrons. The Morgan fingerprint density at radius 1 is 1.03 bits per heavy atom. The number of nitrogens with zero attached hydrogens (tertiary/aromatic N) is 5. The van der Waals surface area contributed by atoms with Crippen LogP contribution in [0.3, 0.4) is 0 Å². The zero-order chi connectivity index (χ0) is 23.5. The first-order valence-corrected chi connectivity index (χ1v) is 11.9. The summed E-state index contributed by atoms with van der Waals surface area (Å²) in [5.74, 6) is -0.386. The topological polar surface area (TPSA) is 73.0 Å². The number of rotatable bonds is 7. The van der Waals surface area contributed by atoms with E-state index < -0.39 is 0 Å². The summed E-state index contributed by atoms with van der Waals surface area (Å²) in [7, 11) is 0. The normalized spacial score (nSPS) is 15.1. The second-order valence-electron chi connectivity index (χ2n) is 8.43. The van der Waals surface area contributed by atoms with Crippen LogP contribution in [0.4, 0.5) is 10.1 Å².